The standard InChI is InChI=1S/C23H23N3O3/c1-3-5-8-15(4-2)14-29-23(28)18(13-24)19-20-16(9-6-11-25-20)22(27)17-10-7-12-26-21(17)19/h6-7,9-12,15H,3-5,8,14H2,1-2H3. The summed E-state index contributed by atoms with van der Waals surface area (Å²) in [6.45, 7) is 4.44. The van der Waals surface area contributed by atoms with Gasteiger partial charge in [-0.1, -0.05) is 33.1 Å². The molecule has 0 aromatic carbocycles. The number of hydrogen-bond donors (Lipinski definition) is 0. The van der Waals surface area contributed by atoms with Crippen molar-refractivity contribution in [3.05, 3.63) is 64.7 Å². The highest BCUT2D eigenvalue weighted by molar-refractivity contribution is 6.20. The molecular weight excluding hydrogens is 366 g/mol. The molecule has 1 aliphatic carbocycles. The molecule has 0 bridgehead atoms. The average Bonchev–Trinajstić information content (AvgIpc) is 2.76. The smallest absolute Gasteiger partial charge is 0.349 e. The monoisotopic (exact) mass is 389 g/mol. The van der Waals surface area contributed by atoms with Gasteiger partial charge >= 0.3 is 5.97 Å². The van der Waals surface area contributed by atoms with Crippen molar-refractivity contribution in [3.63, 3.8) is 0 Å². The number of aromatic nitrogens is 2. The minimum absolute atomic E-state index is 0.178. The van der Waals surface area contributed by atoms with Crippen LogP contribution in [0.1, 0.15) is 66.8 Å². The van der Waals surface area contributed by atoms with Crippen LogP contribution in [0.25, 0.3) is 5.57 Å². The number of carbonyl (C=O) groups excluding carboxylic acids is 2. The third-order valence-electron chi connectivity index (χ3n) is 5.14. The fraction of sp³-hybridized carbons (Fsp3) is 0.348. The first-order chi connectivity index (χ1) is 14.1. The van der Waals surface area contributed by atoms with Crippen LogP contribution in [-0.2, 0) is 9.53 Å². The third-order valence-corrected chi connectivity index (χ3v) is 5.14. The minimum atomic E-state index is -0.708. The molecule has 2 aromatic heterocycles. The molecule has 0 saturated heterocycles. The zero-order valence-electron chi connectivity index (χ0n) is 16.6. The van der Waals surface area contributed by atoms with Crippen LogP contribution in [0, 0.1) is 17.2 Å². The van der Waals surface area contributed by atoms with Crippen molar-refractivity contribution in [3.8, 4) is 6.07 Å². The number of nitriles is 1. The van der Waals surface area contributed by atoms with E-state index in [2.05, 4.69) is 23.8 Å². The zero-order chi connectivity index (χ0) is 20.8. The first kappa shape index (κ1) is 20.4. The van der Waals surface area contributed by atoms with Gasteiger partial charge < -0.3 is 4.74 Å². The predicted molar refractivity (Wildman–Crippen MR) is 108 cm³/mol. The largest absolute Gasteiger partial charge is 0.461 e. The number of pyridine rings is 2. The summed E-state index contributed by atoms with van der Waals surface area (Å²) in [6, 6.07) is 8.55. The van der Waals surface area contributed by atoms with Crippen molar-refractivity contribution in [1.82, 2.24) is 9.97 Å². The maximum atomic E-state index is 12.8. The molecular formula is C23H23N3O3. The lowest BCUT2D eigenvalue weighted by Gasteiger charge is -2.20. The van der Waals surface area contributed by atoms with Crippen LogP contribution >= 0.6 is 0 Å². The summed E-state index contributed by atoms with van der Waals surface area (Å²) in [5, 5.41) is 9.78. The van der Waals surface area contributed by atoms with Gasteiger partial charge in [0.25, 0.3) is 0 Å². The molecule has 1 atom stereocenters. The number of nitrogens with zero attached hydrogens (tertiary/aromatic N) is 3. The fourth-order valence-corrected chi connectivity index (χ4v) is 3.44. The van der Waals surface area contributed by atoms with E-state index in [0.717, 1.165) is 25.7 Å². The highest BCUT2D eigenvalue weighted by Crippen LogP contribution is 2.35. The molecule has 1 unspecified atom stereocenters. The number of fused-ring (bicyclic) bond motifs is 2. The van der Waals surface area contributed by atoms with Crippen LogP contribution in [0.2, 0.25) is 0 Å². The van der Waals surface area contributed by atoms with Crippen LogP contribution in [0.15, 0.2) is 42.2 Å². The minimum Gasteiger partial charge on any atom is -0.461 e. The van der Waals surface area contributed by atoms with Gasteiger partial charge in [0, 0.05) is 23.5 Å². The molecule has 0 aliphatic heterocycles. The molecule has 1 aliphatic rings. The van der Waals surface area contributed by atoms with Crippen molar-refractivity contribution in [2.75, 3.05) is 6.61 Å². The number of esters is 1. The van der Waals surface area contributed by atoms with Crippen molar-refractivity contribution in [2.24, 2.45) is 5.92 Å². The highest BCUT2D eigenvalue weighted by Gasteiger charge is 2.33. The Kier molecular flexibility index (Phi) is 6.50. The Morgan fingerprint density at radius 3 is 2.28 bits per heavy atom. The van der Waals surface area contributed by atoms with E-state index < -0.39 is 5.97 Å². The summed E-state index contributed by atoms with van der Waals surface area (Å²) in [5.74, 6) is -0.677. The number of unbranched alkanes of at least 4 members (excludes halogenated alkanes) is 1. The van der Waals surface area contributed by atoms with E-state index in [4.69, 9.17) is 4.74 Å². The Morgan fingerprint density at radius 2 is 1.76 bits per heavy atom. The van der Waals surface area contributed by atoms with E-state index in [1.54, 1.807) is 24.3 Å². The number of ether oxygens (including phenoxy) is 1. The van der Waals surface area contributed by atoms with Gasteiger partial charge in [0.1, 0.15) is 11.6 Å². The third kappa shape index (κ3) is 4.09. The van der Waals surface area contributed by atoms with E-state index in [-0.39, 0.29) is 40.8 Å². The van der Waals surface area contributed by atoms with E-state index in [0.29, 0.717) is 11.1 Å². The van der Waals surface area contributed by atoms with Crippen molar-refractivity contribution in [1.29, 1.82) is 5.26 Å². The summed E-state index contributed by atoms with van der Waals surface area (Å²) in [4.78, 5) is 34.2. The van der Waals surface area contributed by atoms with Gasteiger partial charge in [-0.3, -0.25) is 14.8 Å². The molecule has 0 radical (unpaired) electrons. The Bertz CT molecular complexity index is 953. The molecule has 0 fully saturated rings. The van der Waals surface area contributed by atoms with Crippen molar-refractivity contribution < 1.29 is 14.3 Å². The fourth-order valence-electron chi connectivity index (χ4n) is 3.44. The topological polar surface area (TPSA) is 92.9 Å². The van der Waals surface area contributed by atoms with E-state index in [9.17, 15) is 14.9 Å². The quantitative estimate of drug-likeness (QED) is 0.343. The van der Waals surface area contributed by atoms with Gasteiger partial charge in [0.15, 0.2) is 5.78 Å². The van der Waals surface area contributed by atoms with E-state index >= 15 is 0 Å². The number of ketones is 1. The van der Waals surface area contributed by atoms with E-state index in [1.807, 2.05) is 6.07 Å². The Labute approximate surface area is 170 Å². The van der Waals surface area contributed by atoms with Crippen molar-refractivity contribution >= 4 is 17.3 Å². The van der Waals surface area contributed by atoms with Crippen molar-refractivity contribution in [2.45, 2.75) is 39.5 Å². The summed E-state index contributed by atoms with van der Waals surface area (Å²) in [6.07, 6.45) is 7.07. The maximum Gasteiger partial charge on any atom is 0.349 e. The predicted octanol–water partition coefficient (Wildman–Crippen LogP) is 4.11. The first-order valence-corrected chi connectivity index (χ1v) is 9.89. The van der Waals surface area contributed by atoms with Crippen LogP contribution in [-0.4, -0.2) is 28.3 Å². The average molecular weight is 389 g/mol. The number of carbonyl (C=O) groups is 2. The molecule has 0 N–H and O–H groups in total. The van der Waals surface area contributed by atoms with Crippen LogP contribution in [0.3, 0.4) is 0 Å². The lowest BCUT2D eigenvalue weighted by Crippen LogP contribution is -2.21. The first-order valence-electron chi connectivity index (χ1n) is 9.89. The SMILES string of the molecule is CCCCC(CC)COC(=O)C(C#N)=C1c2ncccc2C(=O)c2cccnc21. The molecule has 0 amide bonds. The zero-order valence-corrected chi connectivity index (χ0v) is 16.6. The summed E-state index contributed by atoms with van der Waals surface area (Å²) in [7, 11) is 0. The summed E-state index contributed by atoms with van der Waals surface area (Å²) >= 11 is 0. The van der Waals surface area contributed by atoms with Gasteiger partial charge in [-0.15, -0.1) is 0 Å². The van der Waals surface area contributed by atoms with Gasteiger partial charge in [0.2, 0.25) is 0 Å². The lowest BCUT2D eigenvalue weighted by atomic mass is 9.85. The van der Waals surface area contributed by atoms with Crippen LogP contribution < -0.4 is 0 Å². The van der Waals surface area contributed by atoms with Gasteiger partial charge in [0.05, 0.1) is 23.6 Å². The van der Waals surface area contributed by atoms with Gasteiger partial charge in [-0.05, 0) is 36.6 Å². The summed E-state index contributed by atoms with van der Waals surface area (Å²) in [5.41, 5.74) is 1.34. The molecule has 6 heteroatoms. The second kappa shape index (κ2) is 9.24. The van der Waals surface area contributed by atoms with E-state index in [1.165, 1.54) is 12.4 Å². The lowest BCUT2D eigenvalue weighted by molar-refractivity contribution is -0.139. The maximum absolute atomic E-state index is 12.8. The van der Waals surface area contributed by atoms with Gasteiger partial charge in [-0.2, -0.15) is 5.26 Å². The second-order valence-electron chi connectivity index (χ2n) is 7.01. The van der Waals surface area contributed by atoms with Crippen LogP contribution in [0.4, 0.5) is 0 Å². The molecule has 0 saturated carbocycles. The Balaban J connectivity index is 2.02. The Hall–Kier alpha value is -3.33. The molecule has 2 aromatic rings. The molecule has 3 rings (SSSR count). The normalized spacial score (nSPS) is 13.1. The molecule has 29 heavy (non-hydrogen) atoms. The molecule has 0 spiro atoms. The second-order valence-corrected chi connectivity index (χ2v) is 7.01. The molecule has 6 nitrogen and oxygen atoms in total. The number of hydrogen-bond acceptors (Lipinski definition) is 6. The van der Waals surface area contributed by atoms with Gasteiger partial charge in [-0.25, -0.2) is 4.79 Å². The molecule has 148 valence electrons. The summed E-state index contributed by atoms with van der Waals surface area (Å²) < 4.78 is 5.50. The number of rotatable bonds is 7. The Morgan fingerprint density at radius 1 is 1.14 bits per heavy atom. The highest BCUT2D eigenvalue weighted by atomic mass is 16.5. The molecule has 2 heterocycles. The van der Waals surface area contributed by atoms with Crippen LogP contribution in [0.5, 0.6) is 0 Å².